The highest BCUT2D eigenvalue weighted by atomic mass is 32.1. The van der Waals surface area contributed by atoms with E-state index in [1.165, 1.54) is 0 Å². The lowest BCUT2D eigenvalue weighted by Crippen LogP contribution is -2.27. The van der Waals surface area contributed by atoms with Crippen LogP contribution in [0.3, 0.4) is 0 Å². The van der Waals surface area contributed by atoms with Gasteiger partial charge in [-0.3, -0.25) is 4.79 Å². The third-order valence-corrected chi connectivity index (χ3v) is 3.30. The first-order chi connectivity index (χ1) is 8.66. The maximum Gasteiger partial charge on any atom is 0.251 e. The van der Waals surface area contributed by atoms with Crippen molar-refractivity contribution in [2.75, 3.05) is 6.54 Å². The second kappa shape index (κ2) is 5.78. The van der Waals surface area contributed by atoms with Crippen molar-refractivity contribution < 1.29 is 4.79 Å². The normalized spacial score (nSPS) is 10.6. The molecule has 1 amide bonds. The molecule has 4 heteroatoms. The molecule has 0 unspecified atom stereocenters. The molecule has 94 valence electrons. The van der Waals surface area contributed by atoms with E-state index in [0.29, 0.717) is 18.0 Å². The van der Waals surface area contributed by atoms with Crippen LogP contribution in [0.2, 0.25) is 0 Å². The van der Waals surface area contributed by atoms with Crippen molar-refractivity contribution in [2.45, 2.75) is 13.8 Å². The van der Waals surface area contributed by atoms with Gasteiger partial charge in [-0.05, 0) is 18.1 Å². The topological polar surface area (TPSA) is 42.0 Å². The van der Waals surface area contributed by atoms with E-state index in [1.54, 1.807) is 17.5 Å². The van der Waals surface area contributed by atoms with Gasteiger partial charge in [0.05, 0.1) is 0 Å². The van der Waals surface area contributed by atoms with Crippen LogP contribution in [0.4, 0.5) is 0 Å². The zero-order valence-corrected chi connectivity index (χ0v) is 11.3. The zero-order chi connectivity index (χ0) is 13.0. The number of nitrogens with zero attached hydrogens (tertiary/aromatic N) is 1. The molecule has 18 heavy (non-hydrogen) atoms. The summed E-state index contributed by atoms with van der Waals surface area (Å²) in [7, 11) is 0. The van der Waals surface area contributed by atoms with E-state index in [1.807, 2.05) is 29.6 Å². The number of amides is 1. The Hall–Kier alpha value is -1.68. The largest absolute Gasteiger partial charge is 0.352 e. The lowest BCUT2D eigenvalue weighted by Gasteiger charge is -2.08. The Morgan fingerprint density at radius 3 is 2.94 bits per heavy atom. The molecule has 1 aromatic heterocycles. The lowest BCUT2D eigenvalue weighted by atomic mass is 10.1. The van der Waals surface area contributed by atoms with Gasteiger partial charge < -0.3 is 5.32 Å². The van der Waals surface area contributed by atoms with Crippen LogP contribution >= 0.6 is 11.3 Å². The summed E-state index contributed by atoms with van der Waals surface area (Å²) in [6.45, 7) is 4.85. The Bertz CT molecular complexity index is 520. The molecule has 0 aliphatic heterocycles. The van der Waals surface area contributed by atoms with Gasteiger partial charge in [-0.25, -0.2) is 4.98 Å². The number of hydrogen-bond donors (Lipinski definition) is 1. The summed E-state index contributed by atoms with van der Waals surface area (Å²) in [4.78, 5) is 16.2. The van der Waals surface area contributed by atoms with E-state index in [0.717, 1.165) is 10.6 Å². The van der Waals surface area contributed by atoms with Crippen LogP contribution in [0.25, 0.3) is 10.6 Å². The maximum absolute atomic E-state index is 11.9. The van der Waals surface area contributed by atoms with Gasteiger partial charge in [0.1, 0.15) is 5.01 Å². The zero-order valence-electron chi connectivity index (χ0n) is 10.5. The average molecular weight is 260 g/mol. The van der Waals surface area contributed by atoms with Gasteiger partial charge in [0.2, 0.25) is 0 Å². The lowest BCUT2D eigenvalue weighted by molar-refractivity contribution is 0.0949. The van der Waals surface area contributed by atoms with Crippen LogP contribution in [-0.4, -0.2) is 17.4 Å². The van der Waals surface area contributed by atoms with Gasteiger partial charge >= 0.3 is 0 Å². The maximum atomic E-state index is 11.9. The van der Waals surface area contributed by atoms with Crippen LogP contribution in [0.1, 0.15) is 24.2 Å². The minimum absolute atomic E-state index is 0.0258. The highest BCUT2D eigenvalue weighted by molar-refractivity contribution is 7.13. The van der Waals surface area contributed by atoms with Crippen molar-refractivity contribution >= 4 is 17.2 Å². The molecular formula is C14H16N2OS. The number of hydrogen-bond acceptors (Lipinski definition) is 3. The van der Waals surface area contributed by atoms with Gasteiger partial charge in [-0.1, -0.05) is 26.0 Å². The third kappa shape index (κ3) is 3.17. The molecule has 2 rings (SSSR count). The Labute approximate surface area is 111 Å². The first kappa shape index (κ1) is 12.8. The SMILES string of the molecule is CC(C)CNC(=O)c1cccc(-c2nccs2)c1. The Morgan fingerprint density at radius 1 is 1.44 bits per heavy atom. The fourth-order valence-electron chi connectivity index (χ4n) is 1.56. The van der Waals surface area contributed by atoms with Crippen LogP contribution in [-0.2, 0) is 0 Å². The van der Waals surface area contributed by atoms with E-state index < -0.39 is 0 Å². The average Bonchev–Trinajstić information content (AvgIpc) is 2.90. The van der Waals surface area contributed by atoms with E-state index in [2.05, 4.69) is 24.1 Å². The number of carbonyl (C=O) groups is 1. The van der Waals surface area contributed by atoms with Crippen LogP contribution in [0.5, 0.6) is 0 Å². The molecule has 0 saturated carbocycles. The fraction of sp³-hybridized carbons (Fsp3) is 0.286. The first-order valence-electron chi connectivity index (χ1n) is 5.95. The first-order valence-corrected chi connectivity index (χ1v) is 6.83. The summed E-state index contributed by atoms with van der Waals surface area (Å²) in [5, 5.41) is 5.78. The van der Waals surface area contributed by atoms with Crippen molar-refractivity contribution in [3.8, 4) is 10.6 Å². The molecule has 2 aromatic rings. The van der Waals surface area contributed by atoms with E-state index in [-0.39, 0.29) is 5.91 Å². The van der Waals surface area contributed by atoms with E-state index in [9.17, 15) is 4.79 Å². The van der Waals surface area contributed by atoms with Crippen LogP contribution in [0.15, 0.2) is 35.8 Å². The standard InChI is InChI=1S/C14H16N2OS/c1-10(2)9-16-13(17)11-4-3-5-12(8-11)14-15-6-7-18-14/h3-8,10H,9H2,1-2H3,(H,16,17). The van der Waals surface area contributed by atoms with Crippen molar-refractivity contribution in [1.29, 1.82) is 0 Å². The van der Waals surface area contributed by atoms with Crippen LogP contribution in [0, 0.1) is 5.92 Å². The molecule has 0 aliphatic rings. The van der Waals surface area contributed by atoms with Crippen molar-refractivity contribution in [3.63, 3.8) is 0 Å². The Kier molecular flexibility index (Phi) is 4.10. The second-order valence-corrected chi connectivity index (χ2v) is 5.42. The quantitative estimate of drug-likeness (QED) is 0.917. The van der Waals surface area contributed by atoms with E-state index >= 15 is 0 Å². The number of carbonyl (C=O) groups excluding carboxylic acids is 1. The molecular weight excluding hydrogens is 244 g/mol. The van der Waals surface area contributed by atoms with Gasteiger partial charge in [0, 0.05) is 29.2 Å². The highest BCUT2D eigenvalue weighted by Crippen LogP contribution is 2.22. The summed E-state index contributed by atoms with van der Waals surface area (Å²) in [5.41, 5.74) is 1.67. The molecule has 3 nitrogen and oxygen atoms in total. The molecule has 1 N–H and O–H groups in total. The Balaban J connectivity index is 2.15. The van der Waals surface area contributed by atoms with Gasteiger partial charge in [-0.15, -0.1) is 11.3 Å². The van der Waals surface area contributed by atoms with Gasteiger partial charge in [0.15, 0.2) is 0 Å². The van der Waals surface area contributed by atoms with Crippen molar-refractivity contribution in [3.05, 3.63) is 41.4 Å². The summed E-state index contributed by atoms with van der Waals surface area (Å²) >= 11 is 1.57. The second-order valence-electron chi connectivity index (χ2n) is 4.52. The van der Waals surface area contributed by atoms with Gasteiger partial charge in [0.25, 0.3) is 5.91 Å². The number of nitrogens with one attached hydrogen (secondary N) is 1. The Morgan fingerprint density at radius 2 is 2.28 bits per heavy atom. The minimum atomic E-state index is -0.0258. The molecule has 0 aliphatic carbocycles. The summed E-state index contributed by atoms with van der Waals surface area (Å²) in [5.74, 6) is 0.429. The number of thiazole rings is 1. The third-order valence-electron chi connectivity index (χ3n) is 2.47. The summed E-state index contributed by atoms with van der Waals surface area (Å²) in [6.07, 6.45) is 1.77. The fourth-order valence-corrected chi connectivity index (χ4v) is 2.19. The predicted molar refractivity (Wildman–Crippen MR) is 74.7 cm³/mol. The van der Waals surface area contributed by atoms with E-state index in [4.69, 9.17) is 0 Å². The van der Waals surface area contributed by atoms with Crippen molar-refractivity contribution in [1.82, 2.24) is 10.3 Å². The molecule has 1 heterocycles. The molecule has 0 radical (unpaired) electrons. The molecule has 0 atom stereocenters. The summed E-state index contributed by atoms with van der Waals surface area (Å²) in [6, 6.07) is 7.57. The predicted octanol–water partition coefficient (Wildman–Crippen LogP) is 3.20. The molecule has 0 fully saturated rings. The number of benzene rings is 1. The van der Waals surface area contributed by atoms with Crippen molar-refractivity contribution in [2.24, 2.45) is 5.92 Å². The molecule has 0 spiro atoms. The number of rotatable bonds is 4. The molecule has 0 saturated heterocycles. The number of aromatic nitrogens is 1. The summed E-state index contributed by atoms with van der Waals surface area (Å²) < 4.78 is 0. The monoisotopic (exact) mass is 260 g/mol. The minimum Gasteiger partial charge on any atom is -0.352 e. The van der Waals surface area contributed by atoms with Crippen LogP contribution < -0.4 is 5.32 Å². The highest BCUT2D eigenvalue weighted by Gasteiger charge is 2.08. The molecule has 0 bridgehead atoms. The smallest absolute Gasteiger partial charge is 0.251 e. The molecule has 1 aromatic carbocycles. The van der Waals surface area contributed by atoms with Gasteiger partial charge in [-0.2, -0.15) is 0 Å².